The van der Waals surface area contributed by atoms with Gasteiger partial charge >= 0.3 is 0 Å². The molecule has 116 valence electrons. The molecule has 1 unspecified atom stereocenters. The maximum atomic E-state index is 5.93. The molecule has 1 aromatic heterocycles. The molecule has 0 spiro atoms. The van der Waals surface area contributed by atoms with E-state index in [1.165, 1.54) is 11.1 Å². The van der Waals surface area contributed by atoms with Gasteiger partial charge in [0.25, 0.3) is 0 Å². The van der Waals surface area contributed by atoms with Gasteiger partial charge < -0.3 is 4.98 Å². The van der Waals surface area contributed by atoms with Crippen molar-refractivity contribution in [3.63, 3.8) is 0 Å². The summed E-state index contributed by atoms with van der Waals surface area (Å²) in [7, 11) is 0. The molecule has 1 N–H and O–H groups in total. The molecule has 1 aromatic carbocycles. The van der Waals surface area contributed by atoms with Crippen molar-refractivity contribution in [3.8, 4) is 0 Å². The quantitative estimate of drug-likeness (QED) is 0.805. The first kappa shape index (κ1) is 15.3. The number of nitrogens with zero attached hydrogens (tertiary/aromatic N) is 2. The summed E-state index contributed by atoms with van der Waals surface area (Å²) in [6.07, 6.45) is 5.71. The van der Waals surface area contributed by atoms with Crippen molar-refractivity contribution in [3.05, 3.63) is 35.3 Å². The number of halogens is 1. The van der Waals surface area contributed by atoms with Crippen molar-refractivity contribution in [2.24, 2.45) is 4.99 Å². The normalized spacial score (nSPS) is 16.5. The minimum absolute atomic E-state index is 0.566. The van der Waals surface area contributed by atoms with Gasteiger partial charge in [0.1, 0.15) is 11.0 Å². The molecule has 0 fully saturated rings. The molecule has 2 heterocycles. The maximum Gasteiger partial charge on any atom is 0.135 e. The van der Waals surface area contributed by atoms with Crippen LogP contribution in [-0.4, -0.2) is 15.1 Å². The Hall–Kier alpha value is -1.61. The van der Waals surface area contributed by atoms with Crippen molar-refractivity contribution in [2.45, 2.75) is 52.4 Å². The van der Waals surface area contributed by atoms with Crippen LogP contribution in [0.15, 0.2) is 23.3 Å². The largest absolute Gasteiger partial charge is 0.338 e. The number of hydrogen-bond donors (Lipinski definition) is 1. The third-order valence-corrected chi connectivity index (χ3v) is 4.82. The lowest BCUT2D eigenvalue weighted by atomic mass is 9.92. The van der Waals surface area contributed by atoms with Crippen LogP contribution in [0.4, 0.5) is 0 Å². The standard InChI is InChI=1S/C18H22ClN3/c1-4-11(3)14-9-16-15(8-12(14)5-2)21-18(22-16)13-6-7-17(19)20-10-13/h8-11H,4-7H2,1-3H3,(H,21,22). The molecule has 3 nitrogen and oxygen atoms in total. The van der Waals surface area contributed by atoms with Gasteiger partial charge in [-0.25, -0.2) is 9.98 Å². The van der Waals surface area contributed by atoms with E-state index >= 15 is 0 Å². The van der Waals surface area contributed by atoms with Gasteiger partial charge in [-0.05, 0) is 48.4 Å². The Morgan fingerprint density at radius 2 is 2.09 bits per heavy atom. The average Bonchev–Trinajstić information content (AvgIpc) is 2.96. The van der Waals surface area contributed by atoms with Gasteiger partial charge in [-0.3, -0.25) is 0 Å². The second kappa shape index (κ2) is 6.25. The van der Waals surface area contributed by atoms with E-state index in [9.17, 15) is 0 Å². The first-order chi connectivity index (χ1) is 10.6. The predicted octanol–water partition coefficient (Wildman–Crippen LogP) is 5.41. The number of rotatable bonds is 4. The van der Waals surface area contributed by atoms with Crippen molar-refractivity contribution in [1.29, 1.82) is 0 Å². The first-order valence-corrected chi connectivity index (χ1v) is 8.44. The van der Waals surface area contributed by atoms with Crippen LogP contribution in [0.25, 0.3) is 16.6 Å². The molecule has 0 saturated heterocycles. The van der Waals surface area contributed by atoms with Gasteiger partial charge in [-0.15, -0.1) is 0 Å². The van der Waals surface area contributed by atoms with Gasteiger partial charge in [0, 0.05) is 18.2 Å². The molecule has 0 saturated carbocycles. The smallest absolute Gasteiger partial charge is 0.135 e. The van der Waals surface area contributed by atoms with Crippen LogP contribution in [0.3, 0.4) is 0 Å². The number of aromatic amines is 1. The summed E-state index contributed by atoms with van der Waals surface area (Å²) in [5.41, 5.74) is 6.12. The highest BCUT2D eigenvalue weighted by atomic mass is 35.5. The topological polar surface area (TPSA) is 41.0 Å². The number of aliphatic imine (C=N–C) groups is 1. The van der Waals surface area contributed by atoms with Gasteiger partial charge in [0.2, 0.25) is 0 Å². The highest BCUT2D eigenvalue weighted by molar-refractivity contribution is 6.65. The number of aryl methyl sites for hydroxylation is 1. The summed E-state index contributed by atoms with van der Waals surface area (Å²) < 4.78 is 0. The first-order valence-electron chi connectivity index (χ1n) is 8.06. The molecule has 3 rings (SSSR count). The molecular weight excluding hydrogens is 294 g/mol. The molecule has 22 heavy (non-hydrogen) atoms. The van der Waals surface area contributed by atoms with E-state index in [-0.39, 0.29) is 0 Å². The minimum atomic E-state index is 0.566. The van der Waals surface area contributed by atoms with E-state index in [1.807, 2.05) is 6.20 Å². The Morgan fingerprint density at radius 1 is 1.27 bits per heavy atom. The number of nitrogens with one attached hydrogen (secondary N) is 1. The highest BCUT2D eigenvalue weighted by Gasteiger charge is 2.15. The van der Waals surface area contributed by atoms with Gasteiger partial charge in [0.15, 0.2) is 0 Å². The fourth-order valence-corrected chi connectivity index (χ4v) is 3.09. The summed E-state index contributed by atoms with van der Waals surface area (Å²) in [6.45, 7) is 6.73. The maximum absolute atomic E-state index is 5.93. The number of fused-ring (bicyclic) bond motifs is 1. The number of benzene rings is 1. The highest BCUT2D eigenvalue weighted by Crippen LogP contribution is 2.30. The van der Waals surface area contributed by atoms with Gasteiger partial charge in [0.05, 0.1) is 11.0 Å². The average molecular weight is 316 g/mol. The number of hydrogen-bond acceptors (Lipinski definition) is 2. The molecule has 1 aliphatic rings. The van der Waals surface area contributed by atoms with Crippen molar-refractivity contribution in [1.82, 2.24) is 9.97 Å². The van der Waals surface area contributed by atoms with Crippen LogP contribution in [0.2, 0.25) is 0 Å². The van der Waals surface area contributed by atoms with Crippen LogP contribution < -0.4 is 0 Å². The van der Waals surface area contributed by atoms with Crippen LogP contribution in [-0.2, 0) is 6.42 Å². The molecule has 1 aliphatic heterocycles. The Balaban J connectivity index is 2.06. The molecule has 0 radical (unpaired) electrons. The summed E-state index contributed by atoms with van der Waals surface area (Å²) in [6, 6.07) is 4.51. The SMILES string of the molecule is CCc1cc2[nH]c(C3=CN=C(Cl)CC3)nc2cc1C(C)CC. The van der Waals surface area contributed by atoms with E-state index in [4.69, 9.17) is 16.6 Å². The molecule has 0 amide bonds. The second-order valence-corrected chi connectivity index (χ2v) is 6.41. The van der Waals surface area contributed by atoms with E-state index in [2.05, 4.69) is 42.9 Å². The summed E-state index contributed by atoms with van der Waals surface area (Å²) in [4.78, 5) is 12.4. The van der Waals surface area contributed by atoms with Crippen LogP contribution in [0.5, 0.6) is 0 Å². The third-order valence-electron chi connectivity index (χ3n) is 4.53. The molecule has 0 aliphatic carbocycles. The lowest BCUT2D eigenvalue weighted by Gasteiger charge is -2.13. The lowest BCUT2D eigenvalue weighted by Crippen LogP contribution is -1.97. The molecule has 4 heteroatoms. The zero-order chi connectivity index (χ0) is 15.7. The fourth-order valence-electron chi connectivity index (χ4n) is 2.95. The van der Waals surface area contributed by atoms with Gasteiger partial charge in [-0.1, -0.05) is 32.4 Å². The Bertz CT molecular complexity index is 755. The number of aromatic nitrogens is 2. The van der Waals surface area contributed by atoms with E-state index in [0.29, 0.717) is 11.1 Å². The Kier molecular flexibility index (Phi) is 4.34. The summed E-state index contributed by atoms with van der Waals surface area (Å²) in [5, 5.41) is 0.673. The zero-order valence-corrected chi connectivity index (χ0v) is 14.2. The van der Waals surface area contributed by atoms with E-state index in [1.54, 1.807) is 0 Å². The number of allylic oxidation sites excluding steroid dienone is 1. The summed E-state index contributed by atoms with van der Waals surface area (Å²) in [5.74, 6) is 1.49. The molecule has 0 bridgehead atoms. The second-order valence-electron chi connectivity index (χ2n) is 5.98. The van der Waals surface area contributed by atoms with E-state index in [0.717, 1.165) is 48.1 Å². The third kappa shape index (κ3) is 2.82. The van der Waals surface area contributed by atoms with Gasteiger partial charge in [-0.2, -0.15) is 0 Å². The van der Waals surface area contributed by atoms with Crippen LogP contribution in [0.1, 0.15) is 62.9 Å². The minimum Gasteiger partial charge on any atom is -0.338 e. The van der Waals surface area contributed by atoms with E-state index < -0.39 is 0 Å². The number of imidazole rings is 1. The fraction of sp³-hybridized carbons (Fsp3) is 0.444. The molecule has 1 atom stereocenters. The lowest BCUT2D eigenvalue weighted by molar-refractivity contribution is 0.724. The van der Waals surface area contributed by atoms with Crippen molar-refractivity contribution >= 4 is 33.4 Å². The van der Waals surface area contributed by atoms with Crippen LogP contribution in [0, 0.1) is 0 Å². The zero-order valence-electron chi connectivity index (χ0n) is 13.4. The Labute approximate surface area is 136 Å². The Morgan fingerprint density at radius 3 is 2.73 bits per heavy atom. The monoisotopic (exact) mass is 315 g/mol. The van der Waals surface area contributed by atoms with Crippen LogP contribution >= 0.6 is 11.6 Å². The van der Waals surface area contributed by atoms with Crippen molar-refractivity contribution < 1.29 is 0 Å². The van der Waals surface area contributed by atoms with Crippen molar-refractivity contribution in [2.75, 3.05) is 0 Å². The predicted molar refractivity (Wildman–Crippen MR) is 94.7 cm³/mol. The number of H-pyrrole nitrogens is 1. The summed E-state index contributed by atoms with van der Waals surface area (Å²) >= 11 is 5.93. The molecular formula is C18H22ClN3. The molecule has 2 aromatic rings.